The van der Waals surface area contributed by atoms with Gasteiger partial charge in [-0.05, 0) is 18.6 Å². The van der Waals surface area contributed by atoms with Gasteiger partial charge in [0.05, 0.1) is 17.8 Å². The largest absolute Gasteiger partial charge is 0.481 e. The molecule has 1 aromatic rings. The zero-order valence-corrected chi connectivity index (χ0v) is 9.18. The average molecular weight is 238 g/mol. The number of aromatic nitrogens is 1. The van der Waals surface area contributed by atoms with Crippen LogP contribution in [0.15, 0.2) is 12.3 Å². The monoisotopic (exact) mass is 238 g/mol. The molecule has 0 bridgehead atoms. The molecule has 0 spiro atoms. The first-order chi connectivity index (χ1) is 7.99. The maximum absolute atomic E-state index is 12.8. The number of anilines is 1. The Morgan fingerprint density at radius 3 is 2.88 bits per heavy atom. The number of amides is 1. The Hall–Kier alpha value is -1.98. The molecule has 0 saturated carbocycles. The van der Waals surface area contributed by atoms with E-state index in [0.717, 1.165) is 0 Å². The lowest BCUT2D eigenvalue weighted by molar-refractivity contribution is -0.141. The highest BCUT2D eigenvalue weighted by atomic mass is 19.1. The van der Waals surface area contributed by atoms with E-state index in [1.54, 1.807) is 6.92 Å². The van der Waals surface area contributed by atoms with Crippen LogP contribution in [0.4, 0.5) is 10.1 Å². The molecule has 1 unspecified atom stereocenters. The summed E-state index contributed by atoms with van der Waals surface area (Å²) < 4.78 is 12.8. The Morgan fingerprint density at radius 2 is 2.35 bits per heavy atom. The maximum Gasteiger partial charge on any atom is 0.308 e. The van der Waals surface area contributed by atoms with Crippen LogP contribution in [0, 0.1) is 18.8 Å². The number of rotatable bonds is 2. The Labute approximate surface area is 96.9 Å². The number of aliphatic carboxylic acids is 1. The van der Waals surface area contributed by atoms with Crippen LogP contribution in [0.5, 0.6) is 0 Å². The summed E-state index contributed by atoms with van der Waals surface area (Å²) in [7, 11) is 0. The standard InChI is InChI=1S/C11H11FN2O3/c1-6-2-9(12)13-4-8(6)14-5-7(11(16)17)3-10(14)15/h2,4,7H,3,5H2,1H3,(H,16,17). The first kappa shape index (κ1) is 11.5. The third-order valence-corrected chi connectivity index (χ3v) is 2.81. The molecule has 90 valence electrons. The molecule has 0 radical (unpaired) electrons. The van der Waals surface area contributed by atoms with Gasteiger partial charge in [0, 0.05) is 13.0 Å². The van der Waals surface area contributed by atoms with Crippen molar-refractivity contribution < 1.29 is 19.1 Å². The lowest BCUT2D eigenvalue weighted by atomic mass is 10.1. The predicted octanol–water partition coefficient (Wildman–Crippen LogP) is 0.967. The molecule has 17 heavy (non-hydrogen) atoms. The second-order valence-corrected chi connectivity index (χ2v) is 4.04. The highest BCUT2D eigenvalue weighted by Gasteiger charge is 2.35. The molecule has 0 aromatic carbocycles. The van der Waals surface area contributed by atoms with Gasteiger partial charge in [0.2, 0.25) is 11.9 Å². The molecule has 2 rings (SSSR count). The smallest absolute Gasteiger partial charge is 0.308 e. The van der Waals surface area contributed by atoms with Gasteiger partial charge < -0.3 is 10.0 Å². The predicted molar refractivity (Wildman–Crippen MR) is 57.0 cm³/mol. The third-order valence-electron chi connectivity index (χ3n) is 2.81. The van der Waals surface area contributed by atoms with E-state index in [4.69, 9.17) is 5.11 Å². The molecule has 1 N–H and O–H groups in total. The van der Waals surface area contributed by atoms with E-state index >= 15 is 0 Å². The van der Waals surface area contributed by atoms with Crippen LogP contribution in [0.3, 0.4) is 0 Å². The third kappa shape index (κ3) is 2.11. The summed E-state index contributed by atoms with van der Waals surface area (Å²) >= 11 is 0. The summed E-state index contributed by atoms with van der Waals surface area (Å²) in [6, 6.07) is 1.22. The summed E-state index contributed by atoms with van der Waals surface area (Å²) in [6.07, 6.45) is 1.24. The zero-order chi connectivity index (χ0) is 12.6. The number of carboxylic acids is 1. The fourth-order valence-corrected chi connectivity index (χ4v) is 1.90. The molecular formula is C11H11FN2O3. The Bertz CT molecular complexity index is 490. The molecule has 1 aliphatic rings. The van der Waals surface area contributed by atoms with E-state index in [2.05, 4.69) is 4.98 Å². The molecule has 5 nitrogen and oxygen atoms in total. The minimum atomic E-state index is -0.992. The van der Waals surface area contributed by atoms with Crippen molar-refractivity contribution in [3.63, 3.8) is 0 Å². The number of carbonyl (C=O) groups is 2. The minimum absolute atomic E-state index is 0.0217. The van der Waals surface area contributed by atoms with E-state index in [1.165, 1.54) is 17.2 Å². The van der Waals surface area contributed by atoms with Crippen LogP contribution >= 0.6 is 0 Å². The summed E-state index contributed by atoms with van der Waals surface area (Å²) in [5, 5.41) is 8.85. The Morgan fingerprint density at radius 1 is 1.65 bits per heavy atom. The fraction of sp³-hybridized carbons (Fsp3) is 0.364. The molecule has 1 fully saturated rings. The van der Waals surface area contributed by atoms with Crippen molar-refractivity contribution in [3.05, 3.63) is 23.8 Å². The summed E-state index contributed by atoms with van der Waals surface area (Å²) in [4.78, 5) is 27.3. The molecule has 1 atom stereocenters. The first-order valence-corrected chi connectivity index (χ1v) is 5.14. The maximum atomic E-state index is 12.8. The molecule has 1 amide bonds. The van der Waals surface area contributed by atoms with Gasteiger partial charge in [0.15, 0.2) is 0 Å². The van der Waals surface area contributed by atoms with Crippen molar-refractivity contribution in [2.75, 3.05) is 11.4 Å². The van der Waals surface area contributed by atoms with Gasteiger partial charge in [0.1, 0.15) is 0 Å². The van der Waals surface area contributed by atoms with Crippen LogP contribution < -0.4 is 4.90 Å². The molecular weight excluding hydrogens is 227 g/mol. The van der Waals surface area contributed by atoms with Crippen molar-refractivity contribution in [3.8, 4) is 0 Å². The van der Waals surface area contributed by atoms with Gasteiger partial charge in [-0.2, -0.15) is 4.39 Å². The lowest BCUT2D eigenvalue weighted by Gasteiger charge is -2.17. The molecule has 2 heterocycles. The number of halogens is 1. The normalized spacial score (nSPS) is 19.8. The van der Waals surface area contributed by atoms with Gasteiger partial charge in [0.25, 0.3) is 0 Å². The van der Waals surface area contributed by atoms with E-state index < -0.39 is 17.8 Å². The number of hydrogen-bond acceptors (Lipinski definition) is 3. The highest BCUT2D eigenvalue weighted by molar-refractivity contribution is 5.99. The Balaban J connectivity index is 2.29. The second-order valence-electron chi connectivity index (χ2n) is 4.04. The molecule has 1 saturated heterocycles. The Kier molecular flexibility index (Phi) is 2.79. The summed E-state index contributed by atoms with van der Waals surface area (Å²) in [6.45, 7) is 1.77. The SMILES string of the molecule is Cc1cc(F)ncc1N1CC(C(=O)O)CC1=O. The van der Waals surface area contributed by atoms with Crippen molar-refractivity contribution in [2.45, 2.75) is 13.3 Å². The van der Waals surface area contributed by atoms with Crippen molar-refractivity contribution in [2.24, 2.45) is 5.92 Å². The van der Waals surface area contributed by atoms with E-state index in [1.807, 2.05) is 0 Å². The van der Waals surface area contributed by atoms with Crippen LogP contribution in [0.2, 0.25) is 0 Å². The van der Waals surface area contributed by atoms with Crippen molar-refractivity contribution in [1.29, 1.82) is 0 Å². The number of aryl methyl sites for hydroxylation is 1. The van der Waals surface area contributed by atoms with Gasteiger partial charge in [-0.3, -0.25) is 9.59 Å². The number of carbonyl (C=O) groups excluding carboxylic acids is 1. The second kappa shape index (κ2) is 4.12. The summed E-state index contributed by atoms with van der Waals surface area (Å²) in [5.41, 5.74) is 1.04. The number of pyridine rings is 1. The molecule has 0 aliphatic carbocycles. The van der Waals surface area contributed by atoms with Crippen LogP contribution in [-0.4, -0.2) is 28.5 Å². The fourth-order valence-electron chi connectivity index (χ4n) is 1.90. The topological polar surface area (TPSA) is 70.5 Å². The van der Waals surface area contributed by atoms with Crippen LogP contribution in [0.25, 0.3) is 0 Å². The van der Waals surface area contributed by atoms with Crippen LogP contribution in [0.1, 0.15) is 12.0 Å². The minimum Gasteiger partial charge on any atom is -0.481 e. The van der Waals surface area contributed by atoms with Crippen molar-refractivity contribution in [1.82, 2.24) is 4.98 Å². The van der Waals surface area contributed by atoms with Gasteiger partial charge in [-0.1, -0.05) is 0 Å². The molecule has 6 heteroatoms. The highest BCUT2D eigenvalue weighted by Crippen LogP contribution is 2.27. The molecule has 1 aliphatic heterocycles. The number of nitrogens with zero attached hydrogens (tertiary/aromatic N) is 2. The molecule has 1 aromatic heterocycles. The van der Waals surface area contributed by atoms with E-state index in [-0.39, 0.29) is 18.9 Å². The van der Waals surface area contributed by atoms with Gasteiger partial charge in [-0.15, -0.1) is 0 Å². The number of hydrogen-bond donors (Lipinski definition) is 1. The van der Waals surface area contributed by atoms with Crippen molar-refractivity contribution >= 4 is 17.6 Å². The lowest BCUT2D eigenvalue weighted by Crippen LogP contribution is -2.26. The zero-order valence-electron chi connectivity index (χ0n) is 9.18. The summed E-state index contributed by atoms with van der Waals surface area (Å²) in [5.74, 6) is -2.58. The van der Waals surface area contributed by atoms with Crippen LogP contribution in [-0.2, 0) is 9.59 Å². The quantitative estimate of drug-likeness (QED) is 0.779. The van der Waals surface area contributed by atoms with E-state index in [9.17, 15) is 14.0 Å². The number of carboxylic acid groups (broad SMARTS) is 1. The van der Waals surface area contributed by atoms with E-state index in [0.29, 0.717) is 11.3 Å². The average Bonchev–Trinajstić information content (AvgIpc) is 2.61. The first-order valence-electron chi connectivity index (χ1n) is 5.14. The van der Waals surface area contributed by atoms with Gasteiger partial charge >= 0.3 is 5.97 Å². The van der Waals surface area contributed by atoms with Gasteiger partial charge in [-0.25, -0.2) is 4.98 Å².